The normalized spacial score (nSPS) is 10.5. The lowest BCUT2D eigenvalue weighted by Crippen LogP contribution is -2.32. The van der Waals surface area contributed by atoms with E-state index in [1.807, 2.05) is 36.4 Å². The van der Waals surface area contributed by atoms with E-state index in [1.54, 1.807) is 42.3 Å². The van der Waals surface area contributed by atoms with E-state index < -0.39 is 5.97 Å². The minimum atomic E-state index is -0.919. The van der Waals surface area contributed by atoms with Crippen molar-refractivity contribution in [2.24, 2.45) is 0 Å². The van der Waals surface area contributed by atoms with E-state index in [0.717, 1.165) is 11.1 Å². The van der Waals surface area contributed by atoms with Crippen LogP contribution in [0.5, 0.6) is 11.5 Å². The molecule has 1 N–H and O–H groups in total. The van der Waals surface area contributed by atoms with Gasteiger partial charge in [-0.15, -0.1) is 0 Å². The number of halogens is 1. The molecule has 0 aromatic heterocycles. The largest absolute Gasteiger partial charge is 0.496 e. The summed E-state index contributed by atoms with van der Waals surface area (Å²) in [6, 6.07) is 20.0. The van der Waals surface area contributed by atoms with Gasteiger partial charge in [-0.3, -0.25) is 9.59 Å². The fraction of sp³-hybridized carbons (Fsp3) is 0.200. The molecule has 0 aliphatic heterocycles. The first-order chi connectivity index (χ1) is 15.4. The maximum Gasteiger partial charge on any atom is 0.303 e. The van der Waals surface area contributed by atoms with Crippen LogP contribution in [0.4, 0.5) is 5.69 Å². The molecule has 166 valence electrons. The first kappa shape index (κ1) is 23.2. The highest BCUT2D eigenvalue weighted by Crippen LogP contribution is 2.35. The van der Waals surface area contributed by atoms with Crippen molar-refractivity contribution in [3.63, 3.8) is 0 Å². The van der Waals surface area contributed by atoms with Crippen LogP contribution in [0.25, 0.3) is 11.1 Å². The Labute approximate surface area is 192 Å². The fourth-order valence-corrected chi connectivity index (χ4v) is 3.61. The van der Waals surface area contributed by atoms with Crippen molar-refractivity contribution in [3.8, 4) is 22.6 Å². The number of hydrogen-bond donors (Lipinski definition) is 1. The van der Waals surface area contributed by atoms with Gasteiger partial charge in [-0.25, -0.2) is 0 Å². The van der Waals surface area contributed by atoms with Crippen LogP contribution < -0.4 is 14.4 Å². The van der Waals surface area contributed by atoms with E-state index in [2.05, 4.69) is 0 Å². The Morgan fingerprint density at radius 1 is 0.938 bits per heavy atom. The molecule has 0 atom stereocenters. The molecule has 0 saturated carbocycles. The molecule has 32 heavy (non-hydrogen) atoms. The van der Waals surface area contributed by atoms with Crippen LogP contribution in [0.2, 0.25) is 5.02 Å². The summed E-state index contributed by atoms with van der Waals surface area (Å²) in [5, 5.41) is 9.48. The Morgan fingerprint density at radius 2 is 1.62 bits per heavy atom. The van der Waals surface area contributed by atoms with E-state index in [-0.39, 0.29) is 25.3 Å². The molecule has 0 fully saturated rings. The number of anilines is 1. The molecule has 0 saturated heterocycles. The third-order valence-corrected chi connectivity index (χ3v) is 5.22. The van der Waals surface area contributed by atoms with Crippen LogP contribution in [0.3, 0.4) is 0 Å². The summed E-state index contributed by atoms with van der Waals surface area (Å²) in [7, 11) is 3.07. The lowest BCUT2D eigenvalue weighted by molar-refractivity contribution is -0.137. The van der Waals surface area contributed by atoms with Gasteiger partial charge in [-0.2, -0.15) is 0 Å². The van der Waals surface area contributed by atoms with Crippen molar-refractivity contribution in [1.29, 1.82) is 0 Å². The summed E-state index contributed by atoms with van der Waals surface area (Å²) in [6.45, 7) is 0.210. The summed E-state index contributed by atoms with van der Waals surface area (Å²) in [5.41, 5.74) is 2.67. The highest BCUT2D eigenvalue weighted by molar-refractivity contribution is 6.31. The molecule has 0 unspecified atom stereocenters. The van der Waals surface area contributed by atoms with Crippen LogP contribution >= 0.6 is 11.6 Å². The molecule has 6 nitrogen and oxygen atoms in total. The van der Waals surface area contributed by atoms with Crippen LogP contribution in [-0.4, -0.2) is 37.7 Å². The summed E-state index contributed by atoms with van der Waals surface area (Å²) >= 11 is 6.14. The van der Waals surface area contributed by atoms with E-state index in [0.29, 0.717) is 27.8 Å². The Hall–Kier alpha value is -3.51. The minimum absolute atomic E-state index is 0.0574. The minimum Gasteiger partial charge on any atom is -0.496 e. The monoisotopic (exact) mass is 453 g/mol. The first-order valence-electron chi connectivity index (χ1n) is 10.0. The van der Waals surface area contributed by atoms with Gasteiger partial charge in [0.15, 0.2) is 0 Å². The Bertz CT molecular complexity index is 1100. The molecule has 0 spiro atoms. The van der Waals surface area contributed by atoms with Crippen LogP contribution in [-0.2, 0) is 4.79 Å². The van der Waals surface area contributed by atoms with Gasteiger partial charge in [0.2, 0.25) is 0 Å². The maximum atomic E-state index is 13.6. The molecule has 0 bridgehead atoms. The topological polar surface area (TPSA) is 76.1 Å². The van der Waals surface area contributed by atoms with Crippen molar-refractivity contribution in [3.05, 3.63) is 77.3 Å². The molecule has 7 heteroatoms. The molecule has 1 amide bonds. The van der Waals surface area contributed by atoms with Gasteiger partial charge in [0, 0.05) is 29.2 Å². The molecule has 3 aromatic rings. The molecule has 3 aromatic carbocycles. The number of carbonyl (C=O) groups excluding carboxylic acids is 1. The lowest BCUT2D eigenvalue weighted by atomic mass is 10.0. The highest BCUT2D eigenvalue weighted by Gasteiger charge is 2.23. The number of carbonyl (C=O) groups is 2. The number of aliphatic carboxylic acids is 1. The van der Waals surface area contributed by atoms with E-state index in [4.69, 9.17) is 26.2 Å². The molecule has 0 aliphatic rings. The number of rotatable bonds is 9. The first-order valence-corrected chi connectivity index (χ1v) is 10.4. The molecular formula is C25H24ClNO5. The number of carboxylic acid groups (broad SMARTS) is 1. The highest BCUT2D eigenvalue weighted by atomic mass is 35.5. The second-order valence-electron chi connectivity index (χ2n) is 7.05. The zero-order valence-corrected chi connectivity index (χ0v) is 18.6. The van der Waals surface area contributed by atoms with E-state index in [9.17, 15) is 9.59 Å². The summed E-state index contributed by atoms with van der Waals surface area (Å²) in [6.07, 6.45) is 0.231. The zero-order chi connectivity index (χ0) is 23.1. The van der Waals surface area contributed by atoms with Crippen molar-refractivity contribution < 1.29 is 24.2 Å². The van der Waals surface area contributed by atoms with Gasteiger partial charge in [0.1, 0.15) is 11.5 Å². The summed E-state index contributed by atoms with van der Waals surface area (Å²) in [4.78, 5) is 26.2. The Kier molecular flexibility index (Phi) is 7.73. The quantitative estimate of drug-likeness (QED) is 0.460. The van der Waals surface area contributed by atoms with Gasteiger partial charge in [0.05, 0.1) is 19.8 Å². The smallest absolute Gasteiger partial charge is 0.303 e. The van der Waals surface area contributed by atoms with Gasteiger partial charge < -0.3 is 19.5 Å². The average Bonchev–Trinajstić information content (AvgIpc) is 2.81. The average molecular weight is 454 g/mol. The SMILES string of the molecule is COc1ccc(Cl)cc1C(=O)N(CCCC(=O)O)c1ccc(OC)c(-c2ccccc2)c1. The van der Waals surface area contributed by atoms with Crippen molar-refractivity contribution in [1.82, 2.24) is 0 Å². The van der Waals surface area contributed by atoms with Crippen LogP contribution in [0, 0.1) is 0 Å². The third kappa shape index (κ3) is 5.39. The number of hydrogen-bond acceptors (Lipinski definition) is 4. The Balaban J connectivity index is 2.07. The third-order valence-electron chi connectivity index (χ3n) is 4.99. The molecule has 0 heterocycles. The number of ether oxygens (including phenoxy) is 2. The lowest BCUT2D eigenvalue weighted by Gasteiger charge is -2.25. The number of methoxy groups -OCH3 is 2. The van der Waals surface area contributed by atoms with Crippen molar-refractivity contribution in [2.75, 3.05) is 25.7 Å². The predicted molar refractivity (Wildman–Crippen MR) is 125 cm³/mol. The molecule has 0 radical (unpaired) electrons. The van der Waals surface area contributed by atoms with Gasteiger partial charge in [-0.1, -0.05) is 41.9 Å². The summed E-state index contributed by atoms with van der Waals surface area (Å²) < 4.78 is 10.9. The second kappa shape index (κ2) is 10.7. The van der Waals surface area contributed by atoms with Crippen LogP contribution in [0.1, 0.15) is 23.2 Å². The van der Waals surface area contributed by atoms with E-state index in [1.165, 1.54) is 7.11 Å². The van der Waals surface area contributed by atoms with Gasteiger partial charge in [0.25, 0.3) is 5.91 Å². The number of nitrogens with zero attached hydrogens (tertiary/aromatic N) is 1. The number of amides is 1. The molecule has 0 aliphatic carbocycles. The van der Waals surface area contributed by atoms with Crippen molar-refractivity contribution >= 4 is 29.2 Å². The van der Waals surface area contributed by atoms with Gasteiger partial charge in [-0.05, 0) is 48.4 Å². The predicted octanol–water partition coefficient (Wildman–Crippen LogP) is 5.54. The van der Waals surface area contributed by atoms with Crippen molar-refractivity contribution in [2.45, 2.75) is 12.8 Å². The zero-order valence-electron chi connectivity index (χ0n) is 17.9. The van der Waals surface area contributed by atoms with E-state index >= 15 is 0 Å². The molecular weight excluding hydrogens is 430 g/mol. The Morgan fingerprint density at radius 3 is 2.28 bits per heavy atom. The molecule has 3 rings (SSSR count). The standard InChI is InChI=1S/C25H24ClNO5/c1-31-22-13-11-19(16-20(22)17-7-4-3-5-8-17)27(14-6-9-24(28)29)25(30)21-15-18(26)10-12-23(21)32-2/h3-5,7-8,10-13,15-16H,6,9,14H2,1-2H3,(H,28,29). The fourth-order valence-electron chi connectivity index (χ4n) is 3.44. The summed E-state index contributed by atoms with van der Waals surface area (Å²) in [5.74, 6) is -0.200. The van der Waals surface area contributed by atoms with Crippen LogP contribution in [0.15, 0.2) is 66.7 Å². The second-order valence-corrected chi connectivity index (χ2v) is 7.49. The number of benzene rings is 3. The van der Waals surface area contributed by atoms with Gasteiger partial charge >= 0.3 is 5.97 Å². The number of carboxylic acids is 1. The maximum absolute atomic E-state index is 13.6.